The molecule has 5 heterocycles. The van der Waals surface area contributed by atoms with E-state index in [1.807, 2.05) is 18.5 Å². The molecule has 0 spiro atoms. The molecule has 9 nitrogen and oxygen atoms in total. The smallest absolute Gasteiger partial charge is 0.252 e. The number of aryl methyl sites for hydroxylation is 1. The minimum Gasteiger partial charge on any atom is -0.364 e. The summed E-state index contributed by atoms with van der Waals surface area (Å²) in [5, 5.41) is 16.0. The molecule has 3 atom stereocenters. The molecule has 1 aliphatic rings. The summed E-state index contributed by atoms with van der Waals surface area (Å²) in [5.74, 6) is 0. The average Bonchev–Trinajstić information content (AvgIpc) is 3.33. The number of rotatable bonds is 6. The van der Waals surface area contributed by atoms with Crippen molar-refractivity contribution in [3.8, 4) is 6.07 Å². The van der Waals surface area contributed by atoms with E-state index in [0.29, 0.717) is 0 Å². The summed E-state index contributed by atoms with van der Waals surface area (Å²) in [6.07, 6.45) is 9.33. The van der Waals surface area contributed by atoms with Crippen molar-refractivity contribution in [1.82, 2.24) is 29.2 Å². The largest absolute Gasteiger partial charge is 0.364 e. The van der Waals surface area contributed by atoms with Crippen LogP contribution in [0.15, 0.2) is 47.8 Å². The molecule has 186 valence electrons. The van der Waals surface area contributed by atoms with Gasteiger partial charge in [-0.25, -0.2) is 0 Å². The zero-order valence-corrected chi connectivity index (χ0v) is 21.3. The van der Waals surface area contributed by atoms with E-state index in [1.54, 1.807) is 34.8 Å². The molecule has 0 saturated carbocycles. The average molecular weight is 485 g/mol. The zero-order chi connectivity index (χ0) is 25.4. The first kappa shape index (κ1) is 23.9. The Morgan fingerprint density at radius 3 is 2.69 bits per heavy atom. The molecule has 1 saturated heterocycles. The summed E-state index contributed by atoms with van der Waals surface area (Å²) in [6.45, 7) is 8.44. The molecule has 36 heavy (non-hydrogen) atoms. The van der Waals surface area contributed by atoms with E-state index in [0.717, 1.165) is 59.1 Å². The van der Waals surface area contributed by atoms with E-state index in [4.69, 9.17) is 15.3 Å². The fourth-order valence-corrected chi connectivity index (χ4v) is 5.46. The Morgan fingerprint density at radius 2 is 1.94 bits per heavy atom. The highest BCUT2D eigenvalue weighted by Gasteiger charge is 2.36. The lowest BCUT2D eigenvalue weighted by Crippen LogP contribution is -2.58. The second-order valence-electron chi connectivity index (χ2n) is 9.63. The molecular weight excluding hydrogens is 452 g/mol. The van der Waals surface area contributed by atoms with Crippen molar-refractivity contribution in [2.75, 3.05) is 18.0 Å². The zero-order valence-electron chi connectivity index (χ0n) is 21.3. The number of hydrogen-bond donors (Lipinski definition) is 0. The molecule has 0 aliphatic carbocycles. The molecule has 1 aliphatic heterocycles. The Bertz CT molecular complexity index is 1500. The first-order chi connectivity index (χ1) is 17.4. The molecule has 4 aromatic heterocycles. The van der Waals surface area contributed by atoms with E-state index in [9.17, 15) is 4.79 Å². The Labute approximate surface area is 210 Å². The second kappa shape index (κ2) is 9.70. The lowest BCUT2D eigenvalue weighted by Gasteiger charge is -2.49. The van der Waals surface area contributed by atoms with Crippen molar-refractivity contribution in [1.29, 1.82) is 5.26 Å². The van der Waals surface area contributed by atoms with Crippen molar-refractivity contribution in [2.24, 2.45) is 7.05 Å². The van der Waals surface area contributed by atoms with Crippen LogP contribution in [0, 0.1) is 11.3 Å². The van der Waals surface area contributed by atoms with E-state index in [-0.39, 0.29) is 30.2 Å². The van der Waals surface area contributed by atoms with E-state index < -0.39 is 0 Å². The highest BCUT2D eigenvalue weighted by atomic mass is 16.1. The first-order valence-electron chi connectivity index (χ1n) is 12.6. The van der Waals surface area contributed by atoms with Gasteiger partial charge < -0.3 is 9.47 Å². The molecule has 0 bridgehead atoms. The third-order valence-electron chi connectivity index (χ3n) is 7.63. The Hall–Kier alpha value is -3.77. The molecule has 0 unspecified atom stereocenters. The number of aromatic nitrogens is 5. The van der Waals surface area contributed by atoms with Gasteiger partial charge in [0.2, 0.25) is 0 Å². The molecular formula is C27H32N8O. The lowest BCUT2D eigenvalue weighted by molar-refractivity contribution is 0.0992. The number of hydrogen-bond acceptors (Lipinski definition) is 7. The van der Waals surface area contributed by atoms with Crippen LogP contribution in [0.4, 0.5) is 5.69 Å². The van der Waals surface area contributed by atoms with Crippen molar-refractivity contribution in [2.45, 2.75) is 58.3 Å². The predicted octanol–water partition coefficient (Wildman–Crippen LogP) is 3.64. The molecule has 4 aromatic rings. The monoisotopic (exact) mass is 484 g/mol. The first-order valence-corrected chi connectivity index (χ1v) is 12.6. The molecule has 0 N–H and O–H groups in total. The van der Waals surface area contributed by atoms with E-state index in [1.165, 1.54) is 0 Å². The number of piperazine rings is 1. The maximum atomic E-state index is 12.9. The van der Waals surface area contributed by atoms with Gasteiger partial charge in [-0.1, -0.05) is 13.8 Å². The van der Waals surface area contributed by atoms with Crippen LogP contribution in [0.1, 0.15) is 45.3 Å². The van der Waals surface area contributed by atoms with Crippen molar-refractivity contribution in [3.63, 3.8) is 0 Å². The van der Waals surface area contributed by atoms with Crippen LogP contribution in [-0.2, 0) is 13.6 Å². The summed E-state index contributed by atoms with van der Waals surface area (Å²) < 4.78 is 3.22. The highest BCUT2D eigenvalue weighted by Crippen LogP contribution is 2.34. The molecule has 0 amide bonds. The van der Waals surface area contributed by atoms with E-state index >= 15 is 0 Å². The van der Waals surface area contributed by atoms with Crippen LogP contribution in [0.25, 0.3) is 21.8 Å². The van der Waals surface area contributed by atoms with Gasteiger partial charge in [0.25, 0.3) is 5.56 Å². The van der Waals surface area contributed by atoms with Crippen LogP contribution in [-0.4, -0.2) is 54.4 Å². The lowest BCUT2D eigenvalue weighted by atomic mass is 9.98. The summed E-state index contributed by atoms with van der Waals surface area (Å²) in [6, 6.07) is 8.64. The van der Waals surface area contributed by atoms with E-state index in [2.05, 4.69) is 47.7 Å². The van der Waals surface area contributed by atoms with Crippen molar-refractivity contribution < 1.29 is 0 Å². The summed E-state index contributed by atoms with van der Waals surface area (Å²) in [4.78, 5) is 26.9. The Kier molecular flexibility index (Phi) is 6.46. The van der Waals surface area contributed by atoms with Gasteiger partial charge in [-0.2, -0.15) is 10.4 Å². The predicted molar refractivity (Wildman–Crippen MR) is 141 cm³/mol. The van der Waals surface area contributed by atoms with Gasteiger partial charge in [0.1, 0.15) is 12.1 Å². The highest BCUT2D eigenvalue weighted by molar-refractivity contribution is 5.88. The SMILES string of the molecule is CC[C@H]1CN([C@@H](C)c2cc3cnccc3cn2)[C@H](CC)CN1c1cc(=O)n(C)c2cn(CC#N)nc12. The van der Waals surface area contributed by atoms with Gasteiger partial charge in [0, 0.05) is 73.7 Å². The second-order valence-corrected chi connectivity index (χ2v) is 9.63. The number of nitriles is 1. The Morgan fingerprint density at radius 1 is 1.14 bits per heavy atom. The maximum Gasteiger partial charge on any atom is 0.252 e. The van der Waals surface area contributed by atoms with Gasteiger partial charge in [-0.15, -0.1) is 0 Å². The van der Waals surface area contributed by atoms with Crippen LogP contribution < -0.4 is 10.5 Å². The number of fused-ring (bicyclic) bond motifs is 2. The number of anilines is 1. The minimum atomic E-state index is -0.0679. The van der Waals surface area contributed by atoms with Crippen molar-refractivity contribution >= 4 is 27.5 Å². The topological polar surface area (TPSA) is 95.9 Å². The number of pyridine rings is 3. The van der Waals surface area contributed by atoms with Crippen LogP contribution in [0.3, 0.4) is 0 Å². The molecule has 1 fully saturated rings. The standard InChI is InChI=1S/C27H32N8O/c1-5-21-16-35(24-12-26(36)32(4)25-17-33(10-8-28)31-27(24)25)22(6-2)15-34(21)18(3)23-11-20-13-29-9-7-19(20)14-30-23/h7,9,11-14,17-18,21-22H,5-6,10,15-16H2,1-4H3/t18-,21+,22-/m0/s1. The minimum absolute atomic E-state index is 0.0679. The van der Waals surface area contributed by atoms with Gasteiger partial charge in [-0.3, -0.25) is 24.3 Å². The summed E-state index contributed by atoms with van der Waals surface area (Å²) >= 11 is 0. The number of nitrogens with zero attached hydrogens (tertiary/aromatic N) is 8. The molecule has 9 heteroatoms. The quantitative estimate of drug-likeness (QED) is 0.412. The summed E-state index contributed by atoms with van der Waals surface area (Å²) in [7, 11) is 1.75. The van der Waals surface area contributed by atoms with Crippen LogP contribution in [0.2, 0.25) is 0 Å². The fourth-order valence-electron chi connectivity index (χ4n) is 5.46. The third kappa shape index (κ3) is 4.11. The molecule has 0 radical (unpaired) electrons. The maximum absolute atomic E-state index is 12.9. The van der Waals surface area contributed by atoms with Gasteiger partial charge in [0.05, 0.1) is 29.2 Å². The van der Waals surface area contributed by atoms with Crippen molar-refractivity contribution in [3.05, 3.63) is 59.0 Å². The van der Waals surface area contributed by atoms with Gasteiger partial charge >= 0.3 is 0 Å². The van der Waals surface area contributed by atoms with Gasteiger partial charge in [-0.05, 0) is 31.9 Å². The molecule has 5 rings (SSSR count). The van der Waals surface area contributed by atoms with Crippen LogP contribution >= 0.6 is 0 Å². The Balaban J connectivity index is 1.51. The van der Waals surface area contributed by atoms with Gasteiger partial charge in [0.15, 0.2) is 0 Å². The third-order valence-corrected chi connectivity index (χ3v) is 7.63. The fraction of sp³-hybridized carbons (Fsp3) is 0.444. The van der Waals surface area contributed by atoms with Crippen LogP contribution in [0.5, 0.6) is 0 Å². The molecule has 0 aromatic carbocycles. The normalized spacial score (nSPS) is 19.6. The summed E-state index contributed by atoms with van der Waals surface area (Å²) in [5.41, 5.74) is 3.36.